The van der Waals surface area contributed by atoms with Crippen LogP contribution in [0.5, 0.6) is 0 Å². The zero-order valence-corrected chi connectivity index (χ0v) is 15.1. The van der Waals surface area contributed by atoms with Crippen LogP contribution < -0.4 is 5.32 Å². The highest BCUT2D eigenvalue weighted by molar-refractivity contribution is 9.10. The molecular weight excluding hydrogens is 374 g/mol. The summed E-state index contributed by atoms with van der Waals surface area (Å²) in [5.41, 5.74) is 1.99. The van der Waals surface area contributed by atoms with Gasteiger partial charge in [0.15, 0.2) is 10.4 Å². The Balaban J connectivity index is 2.16. The number of amides is 1. The normalized spacial score (nSPS) is 11.2. The van der Waals surface area contributed by atoms with Crippen LogP contribution in [0.3, 0.4) is 0 Å². The second-order valence-electron chi connectivity index (χ2n) is 4.93. The third kappa shape index (κ3) is 4.83. The summed E-state index contributed by atoms with van der Waals surface area (Å²) < 4.78 is 10.7. The molecule has 0 aliphatic carbocycles. The molecule has 0 bridgehead atoms. The summed E-state index contributed by atoms with van der Waals surface area (Å²) in [6.07, 6.45) is 2.33. The zero-order chi connectivity index (χ0) is 17.5. The summed E-state index contributed by atoms with van der Waals surface area (Å²) in [5.74, 6) is -0.457. The minimum Gasteiger partial charge on any atom is -0.463 e. The minimum atomic E-state index is -0.345. The largest absolute Gasteiger partial charge is 0.463 e. The predicted octanol–water partition coefficient (Wildman–Crippen LogP) is 4.65. The number of anilines is 1. The van der Waals surface area contributed by atoms with Crippen LogP contribution in [-0.4, -0.2) is 18.5 Å². The highest BCUT2D eigenvalue weighted by atomic mass is 79.9. The number of benzene rings is 1. The summed E-state index contributed by atoms with van der Waals surface area (Å²) in [6, 6.07) is 10.4. The molecule has 1 aromatic heterocycles. The van der Waals surface area contributed by atoms with E-state index in [0.717, 1.165) is 5.56 Å². The zero-order valence-electron chi connectivity index (χ0n) is 13.5. The van der Waals surface area contributed by atoms with Gasteiger partial charge in [0.2, 0.25) is 0 Å². The number of esters is 1. The van der Waals surface area contributed by atoms with Crippen LogP contribution in [0.1, 0.15) is 36.4 Å². The summed E-state index contributed by atoms with van der Waals surface area (Å²) in [6.45, 7) is 4.00. The predicted molar refractivity (Wildman–Crippen MR) is 95.7 cm³/mol. The van der Waals surface area contributed by atoms with Crippen LogP contribution in [0.2, 0.25) is 0 Å². The Morgan fingerprint density at radius 2 is 2.04 bits per heavy atom. The van der Waals surface area contributed by atoms with Crippen molar-refractivity contribution in [1.29, 1.82) is 0 Å². The van der Waals surface area contributed by atoms with Gasteiger partial charge >= 0.3 is 5.97 Å². The van der Waals surface area contributed by atoms with Crippen molar-refractivity contribution in [2.24, 2.45) is 0 Å². The maximum Gasteiger partial charge on any atom is 0.333 e. The molecule has 0 saturated carbocycles. The van der Waals surface area contributed by atoms with E-state index in [1.54, 1.807) is 43.3 Å². The van der Waals surface area contributed by atoms with Crippen LogP contribution in [0.4, 0.5) is 5.69 Å². The fourth-order valence-electron chi connectivity index (χ4n) is 2.07. The van der Waals surface area contributed by atoms with Gasteiger partial charge in [-0.25, -0.2) is 4.79 Å². The Morgan fingerprint density at radius 3 is 2.67 bits per heavy atom. The van der Waals surface area contributed by atoms with Gasteiger partial charge in [0.1, 0.15) is 0 Å². The maximum absolute atomic E-state index is 12.1. The van der Waals surface area contributed by atoms with Gasteiger partial charge in [-0.05, 0) is 65.2 Å². The molecule has 6 heteroatoms. The molecule has 24 heavy (non-hydrogen) atoms. The molecule has 0 spiro atoms. The van der Waals surface area contributed by atoms with Crippen molar-refractivity contribution in [2.45, 2.75) is 20.3 Å². The summed E-state index contributed by atoms with van der Waals surface area (Å²) in [7, 11) is 0. The van der Waals surface area contributed by atoms with Crippen molar-refractivity contribution in [3.05, 3.63) is 58.0 Å². The number of carbonyl (C=O) groups excluding carboxylic acids is 2. The number of nitrogens with one attached hydrogen (secondary N) is 1. The van der Waals surface area contributed by atoms with E-state index < -0.39 is 0 Å². The number of furan rings is 1. The summed E-state index contributed by atoms with van der Waals surface area (Å²) in [5, 5.41) is 2.76. The molecule has 0 unspecified atom stereocenters. The number of carbonyl (C=O) groups is 2. The quantitative estimate of drug-likeness (QED) is 0.574. The van der Waals surface area contributed by atoms with Crippen LogP contribution in [-0.2, 0) is 9.53 Å². The smallest absolute Gasteiger partial charge is 0.333 e. The van der Waals surface area contributed by atoms with E-state index in [9.17, 15) is 9.59 Å². The third-order valence-corrected chi connectivity index (χ3v) is 3.63. The molecule has 1 amide bonds. The highest BCUT2D eigenvalue weighted by Crippen LogP contribution is 2.18. The van der Waals surface area contributed by atoms with Crippen molar-refractivity contribution in [3.63, 3.8) is 0 Å². The van der Waals surface area contributed by atoms with Gasteiger partial charge in [-0.1, -0.05) is 19.1 Å². The van der Waals surface area contributed by atoms with E-state index >= 15 is 0 Å². The second-order valence-corrected chi connectivity index (χ2v) is 5.71. The van der Waals surface area contributed by atoms with Gasteiger partial charge in [0.25, 0.3) is 5.91 Å². The van der Waals surface area contributed by atoms with E-state index in [1.165, 1.54) is 0 Å². The molecule has 0 aliphatic rings. The fourth-order valence-corrected chi connectivity index (χ4v) is 2.37. The molecule has 0 saturated heterocycles. The van der Waals surface area contributed by atoms with Crippen LogP contribution in [0.25, 0.3) is 6.08 Å². The van der Waals surface area contributed by atoms with Gasteiger partial charge < -0.3 is 14.5 Å². The fraction of sp³-hybridized carbons (Fsp3) is 0.222. The first-order chi connectivity index (χ1) is 11.5. The van der Waals surface area contributed by atoms with E-state index in [-0.39, 0.29) is 17.6 Å². The number of hydrogen-bond acceptors (Lipinski definition) is 4. The summed E-state index contributed by atoms with van der Waals surface area (Å²) >= 11 is 3.16. The number of halogens is 1. The lowest BCUT2D eigenvalue weighted by Gasteiger charge is -2.07. The van der Waals surface area contributed by atoms with Crippen molar-refractivity contribution in [1.82, 2.24) is 0 Å². The Hall–Kier alpha value is -2.34. The number of ether oxygens (including phenoxy) is 1. The molecular formula is C18H18BrNO4. The monoisotopic (exact) mass is 391 g/mol. The molecule has 5 nitrogen and oxygen atoms in total. The third-order valence-electron chi connectivity index (χ3n) is 3.20. The summed E-state index contributed by atoms with van der Waals surface area (Å²) in [4.78, 5) is 23.9. The van der Waals surface area contributed by atoms with Gasteiger partial charge in [0.05, 0.1) is 6.61 Å². The lowest BCUT2D eigenvalue weighted by molar-refractivity contribution is -0.138. The Kier molecular flexibility index (Phi) is 6.37. The lowest BCUT2D eigenvalue weighted by atomic mass is 10.1. The highest BCUT2D eigenvalue weighted by Gasteiger charge is 2.11. The Bertz CT molecular complexity index is 764. The van der Waals surface area contributed by atoms with Crippen LogP contribution in [0.15, 0.2) is 51.1 Å². The molecule has 0 aliphatic heterocycles. The molecule has 0 atom stereocenters. The van der Waals surface area contributed by atoms with E-state index in [1.807, 2.05) is 13.0 Å². The SMILES string of the molecule is CCOC(=O)C(=Cc1cccc(NC(=O)c2ccc(Br)o2)c1)CC. The standard InChI is InChI=1S/C18H18BrNO4/c1-3-13(18(22)23-4-2)10-12-6-5-7-14(11-12)20-17(21)15-8-9-16(19)24-15/h5-11H,3-4H2,1-2H3,(H,20,21). The number of rotatable bonds is 6. The Morgan fingerprint density at radius 1 is 1.25 bits per heavy atom. The first-order valence-electron chi connectivity index (χ1n) is 7.58. The maximum atomic E-state index is 12.1. The minimum absolute atomic E-state index is 0.212. The van der Waals surface area contributed by atoms with Gasteiger partial charge in [-0.3, -0.25) is 4.79 Å². The van der Waals surface area contributed by atoms with E-state index in [2.05, 4.69) is 21.2 Å². The molecule has 2 rings (SSSR count). The topological polar surface area (TPSA) is 68.5 Å². The molecule has 1 heterocycles. The van der Waals surface area contributed by atoms with Gasteiger partial charge in [0, 0.05) is 11.3 Å². The van der Waals surface area contributed by atoms with Crippen molar-refractivity contribution in [2.75, 3.05) is 11.9 Å². The first-order valence-corrected chi connectivity index (χ1v) is 8.37. The van der Waals surface area contributed by atoms with Crippen LogP contribution in [0, 0.1) is 0 Å². The van der Waals surface area contributed by atoms with Crippen molar-refractivity contribution >= 4 is 39.6 Å². The van der Waals surface area contributed by atoms with Crippen LogP contribution >= 0.6 is 15.9 Å². The average Bonchev–Trinajstić information content (AvgIpc) is 3.00. The Labute approximate surface area is 148 Å². The molecule has 126 valence electrons. The molecule has 2 aromatic rings. The first kappa shape index (κ1) is 18.0. The lowest BCUT2D eigenvalue weighted by Crippen LogP contribution is -2.10. The van der Waals surface area contributed by atoms with Gasteiger partial charge in [-0.15, -0.1) is 0 Å². The van der Waals surface area contributed by atoms with E-state index in [4.69, 9.17) is 9.15 Å². The molecule has 1 aromatic carbocycles. The molecule has 1 N–H and O–H groups in total. The number of hydrogen-bond donors (Lipinski definition) is 1. The molecule has 0 fully saturated rings. The van der Waals surface area contributed by atoms with Gasteiger partial charge in [-0.2, -0.15) is 0 Å². The van der Waals surface area contributed by atoms with Crippen molar-refractivity contribution < 1.29 is 18.7 Å². The second kappa shape index (κ2) is 8.49. The van der Waals surface area contributed by atoms with E-state index in [0.29, 0.717) is 29.0 Å². The van der Waals surface area contributed by atoms with Crippen molar-refractivity contribution in [3.8, 4) is 0 Å². The average molecular weight is 392 g/mol. The molecule has 0 radical (unpaired) electrons.